The van der Waals surface area contributed by atoms with E-state index in [0.717, 1.165) is 27.5 Å². The third-order valence-corrected chi connectivity index (χ3v) is 6.17. The van der Waals surface area contributed by atoms with Crippen LogP contribution in [0.1, 0.15) is 29.4 Å². The number of urea groups is 1. The molecule has 0 bridgehead atoms. The van der Waals surface area contributed by atoms with Crippen LogP contribution in [-0.4, -0.2) is 52.7 Å². The van der Waals surface area contributed by atoms with Crippen molar-refractivity contribution in [1.29, 1.82) is 0 Å². The first kappa shape index (κ1) is 24.0. The van der Waals surface area contributed by atoms with Gasteiger partial charge in [-0.25, -0.2) is 9.48 Å². The molecule has 1 unspecified atom stereocenters. The number of carbonyl (C=O) groups is 3. The number of ether oxygens (including phenoxy) is 1. The lowest BCUT2D eigenvalue weighted by Crippen LogP contribution is -2.43. The van der Waals surface area contributed by atoms with Gasteiger partial charge in [-0.3, -0.25) is 14.5 Å². The zero-order chi connectivity index (χ0) is 25.2. The van der Waals surface area contributed by atoms with E-state index in [1.807, 2.05) is 48.9 Å². The van der Waals surface area contributed by atoms with Crippen LogP contribution in [0.2, 0.25) is 0 Å². The molecule has 1 aromatic heterocycles. The summed E-state index contributed by atoms with van der Waals surface area (Å²) in [7, 11) is 1.55. The summed E-state index contributed by atoms with van der Waals surface area (Å²) in [6, 6.07) is 16.3. The van der Waals surface area contributed by atoms with E-state index in [2.05, 4.69) is 15.7 Å². The number of carbonyl (C=O) groups excluding carboxylic acids is 3. The fourth-order valence-electron chi connectivity index (χ4n) is 4.20. The summed E-state index contributed by atoms with van der Waals surface area (Å²) in [6.45, 7) is 5.64. The van der Waals surface area contributed by atoms with Crippen molar-refractivity contribution in [3.05, 3.63) is 77.1 Å². The Morgan fingerprint density at radius 3 is 2.37 bits per heavy atom. The molecule has 2 heterocycles. The Morgan fingerprint density at radius 1 is 1.09 bits per heavy atom. The van der Waals surface area contributed by atoms with Gasteiger partial charge in [0.05, 0.1) is 18.5 Å². The number of hydrogen-bond donors (Lipinski definition) is 2. The molecule has 0 spiro atoms. The van der Waals surface area contributed by atoms with E-state index < -0.39 is 23.4 Å². The van der Waals surface area contributed by atoms with E-state index in [-0.39, 0.29) is 6.54 Å². The maximum absolute atomic E-state index is 13.0. The summed E-state index contributed by atoms with van der Waals surface area (Å²) >= 11 is 0. The number of nitrogens with zero attached hydrogens (tertiary/aromatic N) is 3. The van der Waals surface area contributed by atoms with Gasteiger partial charge in [0.15, 0.2) is 0 Å². The van der Waals surface area contributed by atoms with Crippen molar-refractivity contribution in [2.24, 2.45) is 0 Å². The SMILES string of the molecule is COc1ccc(C2(C)NC(=O)N(CC(=O)NCCc3ccc(-n4nc(C)cc4C)cc3)C2=O)cc1. The van der Waals surface area contributed by atoms with Crippen molar-refractivity contribution in [1.82, 2.24) is 25.3 Å². The molecule has 1 fully saturated rings. The molecular formula is C26H29N5O4. The molecule has 1 aliphatic rings. The van der Waals surface area contributed by atoms with Crippen molar-refractivity contribution >= 4 is 17.8 Å². The number of benzene rings is 2. The van der Waals surface area contributed by atoms with Gasteiger partial charge in [0, 0.05) is 12.2 Å². The lowest BCUT2D eigenvalue weighted by molar-refractivity contribution is -0.134. The molecule has 1 saturated heterocycles. The monoisotopic (exact) mass is 475 g/mol. The van der Waals surface area contributed by atoms with E-state index in [1.165, 1.54) is 0 Å². The fraction of sp³-hybridized carbons (Fsp3) is 0.308. The van der Waals surface area contributed by atoms with Gasteiger partial charge in [-0.1, -0.05) is 24.3 Å². The average Bonchev–Trinajstić information content (AvgIpc) is 3.30. The molecule has 35 heavy (non-hydrogen) atoms. The highest BCUT2D eigenvalue weighted by Crippen LogP contribution is 2.29. The molecule has 2 N–H and O–H groups in total. The zero-order valence-corrected chi connectivity index (χ0v) is 20.3. The summed E-state index contributed by atoms with van der Waals surface area (Å²) < 4.78 is 7.04. The fourth-order valence-corrected chi connectivity index (χ4v) is 4.20. The Kier molecular flexibility index (Phi) is 6.59. The lowest BCUT2D eigenvalue weighted by Gasteiger charge is -2.22. The Balaban J connectivity index is 1.31. The average molecular weight is 476 g/mol. The predicted octanol–water partition coefficient (Wildman–Crippen LogP) is 2.62. The molecule has 1 atom stereocenters. The number of amides is 4. The maximum atomic E-state index is 13.0. The third kappa shape index (κ3) is 4.89. The Labute approximate surface area is 204 Å². The van der Waals surface area contributed by atoms with Crippen LogP contribution in [0.3, 0.4) is 0 Å². The highest BCUT2D eigenvalue weighted by atomic mass is 16.5. The van der Waals surface area contributed by atoms with E-state index in [4.69, 9.17) is 4.74 Å². The van der Waals surface area contributed by atoms with Crippen LogP contribution in [0.25, 0.3) is 5.69 Å². The summed E-state index contributed by atoms with van der Waals surface area (Å²) in [4.78, 5) is 38.9. The zero-order valence-electron chi connectivity index (χ0n) is 20.3. The number of nitrogens with one attached hydrogen (secondary N) is 2. The van der Waals surface area contributed by atoms with Crippen LogP contribution in [0.4, 0.5) is 4.79 Å². The van der Waals surface area contributed by atoms with Crippen molar-refractivity contribution in [2.45, 2.75) is 32.7 Å². The minimum Gasteiger partial charge on any atom is -0.497 e. The van der Waals surface area contributed by atoms with Gasteiger partial charge in [-0.2, -0.15) is 5.10 Å². The van der Waals surface area contributed by atoms with Crippen molar-refractivity contribution < 1.29 is 19.1 Å². The number of imide groups is 1. The highest BCUT2D eigenvalue weighted by Gasteiger charge is 2.49. The minimum absolute atomic E-state index is 0.340. The lowest BCUT2D eigenvalue weighted by atomic mass is 9.92. The molecule has 9 heteroatoms. The number of hydrogen-bond acceptors (Lipinski definition) is 5. The summed E-state index contributed by atoms with van der Waals surface area (Å²) in [5.41, 5.74) is 3.43. The van der Waals surface area contributed by atoms with E-state index in [1.54, 1.807) is 38.3 Å². The van der Waals surface area contributed by atoms with Crippen LogP contribution >= 0.6 is 0 Å². The second-order valence-corrected chi connectivity index (χ2v) is 8.78. The van der Waals surface area contributed by atoms with Gasteiger partial charge in [-0.05, 0) is 68.7 Å². The maximum Gasteiger partial charge on any atom is 0.325 e. The molecule has 3 aromatic rings. The molecular weight excluding hydrogens is 446 g/mol. The number of methoxy groups -OCH3 is 1. The second-order valence-electron chi connectivity index (χ2n) is 8.78. The van der Waals surface area contributed by atoms with E-state index >= 15 is 0 Å². The number of aryl methyl sites for hydroxylation is 2. The molecule has 1 aliphatic heterocycles. The summed E-state index contributed by atoms with van der Waals surface area (Å²) in [5, 5.41) is 9.98. The van der Waals surface area contributed by atoms with Gasteiger partial charge < -0.3 is 15.4 Å². The Bertz CT molecular complexity index is 1250. The van der Waals surface area contributed by atoms with Crippen molar-refractivity contribution in [3.63, 3.8) is 0 Å². The Hall–Kier alpha value is -4.14. The number of rotatable bonds is 8. The molecule has 0 radical (unpaired) electrons. The molecule has 2 aromatic carbocycles. The molecule has 0 saturated carbocycles. The number of aromatic nitrogens is 2. The van der Waals surface area contributed by atoms with Crippen LogP contribution < -0.4 is 15.4 Å². The van der Waals surface area contributed by atoms with Gasteiger partial charge in [0.1, 0.15) is 17.8 Å². The minimum atomic E-state index is -1.24. The first-order chi connectivity index (χ1) is 16.7. The van der Waals surface area contributed by atoms with Crippen LogP contribution in [0.15, 0.2) is 54.6 Å². The molecule has 182 valence electrons. The van der Waals surface area contributed by atoms with Crippen LogP contribution in [0, 0.1) is 13.8 Å². The van der Waals surface area contributed by atoms with E-state index in [9.17, 15) is 14.4 Å². The molecule has 9 nitrogen and oxygen atoms in total. The van der Waals surface area contributed by atoms with Crippen molar-refractivity contribution in [3.8, 4) is 11.4 Å². The quantitative estimate of drug-likeness (QED) is 0.487. The van der Waals surface area contributed by atoms with E-state index in [0.29, 0.717) is 24.3 Å². The van der Waals surface area contributed by atoms with Gasteiger partial charge >= 0.3 is 6.03 Å². The van der Waals surface area contributed by atoms with Gasteiger partial charge in [-0.15, -0.1) is 0 Å². The van der Waals surface area contributed by atoms with Gasteiger partial charge in [0.25, 0.3) is 5.91 Å². The molecule has 0 aliphatic carbocycles. The first-order valence-corrected chi connectivity index (χ1v) is 11.4. The smallest absolute Gasteiger partial charge is 0.325 e. The highest BCUT2D eigenvalue weighted by molar-refractivity contribution is 6.09. The normalized spacial score (nSPS) is 17.4. The Morgan fingerprint density at radius 2 is 1.77 bits per heavy atom. The van der Waals surface area contributed by atoms with Crippen LogP contribution in [-0.2, 0) is 21.5 Å². The van der Waals surface area contributed by atoms with Crippen molar-refractivity contribution in [2.75, 3.05) is 20.2 Å². The molecule has 4 amide bonds. The van der Waals surface area contributed by atoms with Gasteiger partial charge in [0.2, 0.25) is 5.91 Å². The summed E-state index contributed by atoms with van der Waals surface area (Å²) in [6.07, 6.45) is 0.618. The predicted molar refractivity (Wildman–Crippen MR) is 130 cm³/mol. The molecule has 4 rings (SSSR count). The second kappa shape index (κ2) is 9.61. The third-order valence-electron chi connectivity index (χ3n) is 6.17. The first-order valence-electron chi connectivity index (χ1n) is 11.4. The standard InChI is InChI=1S/C26H29N5O4/c1-17-15-18(2)31(29-17)21-9-5-19(6-10-21)13-14-27-23(32)16-30-24(33)26(3,28-25(30)34)20-7-11-22(35-4)12-8-20/h5-12,15H,13-14,16H2,1-4H3,(H,27,32)(H,28,34). The topological polar surface area (TPSA) is 106 Å². The summed E-state index contributed by atoms with van der Waals surface area (Å²) in [5.74, 6) is -0.221. The van der Waals surface area contributed by atoms with Crippen LogP contribution in [0.5, 0.6) is 5.75 Å². The largest absolute Gasteiger partial charge is 0.497 e.